The predicted molar refractivity (Wildman–Crippen MR) is 121 cm³/mol. The van der Waals surface area contributed by atoms with Crippen molar-refractivity contribution >= 4 is 21.6 Å². The second-order valence-electron chi connectivity index (χ2n) is 7.39. The first-order valence-corrected chi connectivity index (χ1v) is 11.4. The lowest BCUT2D eigenvalue weighted by Gasteiger charge is -2.22. The molecule has 0 radical (unpaired) electrons. The van der Waals surface area contributed by atoms with Gasteiger partial charge in [-0.1, -0.05) is 48.5 Å². The number of rotatable bonds is 8. The lowest BCUT2D eigenvalue weighted by Crippen LogP contribution is -2.33. The maximum atomic E-state index is 13.1. The topological polar surface area (TPSA) is 86.7 Å². The normalized spacial score (nSPS) is 11.2. The molecule has 162 valence electrons. The zero-order valence-corrected chi connectivity index (χ0v) is 18.4. The highest BCUT2D eigenvalue weighted by Gasteiger charge is 2.22. The molecule has 0 spiro atoms. The third-order valence-corrected chi connectivity index (χ3v) is 6.39. The summed E-state index contributed by atoms with van der Waals surface area (Å²) >= 11 is 0. The number of hydrogen-bond acceptors (Lipinski definition) is 4. The number of sulfonamides is 1. The van der Waals surface area contributed by atoms with Crippen LogP contribution in [0.4, 0.5) is 5.69 Å². The number of aliphatic hydroxyl groups is 1. The lowest BCUT2D eigenvalue weighted by molar-refractivity contribution is 0.0707. The van der Waals surface area contributed by atoms with E-state index in [1.54, 1.807) is 37.3 Å². The lowest BCUT2D eigenvalue weighted by atomic mass is 10.1. The van der Waals surface area contributed by atoms with E-state index < -0.39 is 10.0 Å². The number of anilines is 1. The first-order valence-electron chi connectivity index (χ1n) is 9.94. The summed E-state index contributed by atoms with van der Waals surface area (Å²) in [7, 11) is -3.88. The van der Waals surface area contributed by atoms with Gasteiger partial charge in [-0.3, -0.25) is 9.52 Å². The Morgan fingerprint density at radius 1 is 0.968 bits per heavy atom. The van der Waals surface area contributed by atoms with Crippen LogP contribution in [0.2, 0.25) is 0 Å². The standard InChI is InChI=1S/C24H26N2O4S/c1-18-7-6-10-22(15-18)25-31(29,30)23-16-21(12-11-19(23)2)24(28)26(13-14-27)17-20-8-4-3-5-9-20/h3-12,15-16,25,27H,13-14,17H2,1-2H3. The van der Waals surface area contributed by atoms with E-state index in [1.807, 2.05) is 43.3 Å². The van der Waals surface area contributed by atoms with Crippen LogP contribution < -0.4 is 4.72 Å². The maximum Gasteiger partial charge on any atom is 0.262 e. The van der Waals surface area contributed by atoms with Crippen LogP contribution in [0.15, 0.2) is 77.7 Å². The van der Waals surface area contributed by atoms with Crippen LogP contribution in [0.1, 0.15) is 27.0 Å². The van der Waals surface area contributed by atoms with Crippen LogP contribution in [0.25, 0.3) is 0 Å². The fraction of sp³-hybridized carbons (Fsp3) is 0.208. The van der Waals surface area contributed by atoms with E-state index in [9.17, 15) is 18.3 Å². The van der Waals surface area contributed by atoms with Crippen LogP contribution >= 0.6 is 0 Å². The Balaban J connectivity index is 1.90. The summed E-state index contributed by atoms with van der Waals surface area (Å²) in [6.45, 7) is 3.84. The molecule has 0 unspecified atom stereocenters. The number of amides is 1. The number of carbonyl (C=O) groups is 1. The number of aliphatic hydroxyl groups excluding tert-OH is 1. The van der Waals surface area contributed by atoms with E-state index in [2.05, 4.69) is 4.72 Å². The van der Waals surface area contributed by atoms with Gasteiger partial charge < -0.3 is 10.0 Å². The molecule has 31 heavy (non-hydrogen) atoms. The van der Waals surface area contributed by atoms with Gasteiger partial charge in [-0.15, -0.1) is 0 Å². The number of aryl methyl sites for hydroxylation is 2. The fourth-order valence-electron chi connectivity index (χ4n) is 3.30. The Bertz CT molecular complexity index is 1160. The molecule has 3 aromatic carbocycles. The molecule has 1 amide bonds. The van der Waals surface area contributed by atoms with Gasteiger partial charge >= 0.3 is 0 Å². The summed E-state index contributed by atoms with van der Waals surface area (Å²) in [4.78, 5) is 14.7. The zero-order valence-electron chi connectivity index (χ0n) is 17.6. The highest BCUT2D eigenvalue weighted by Crippen LogP contribution is 2.22. The van der Waals surface area contributed by atoms with Gasteiger partial charge in [0.25, 0.3) is 15.9 Å². The number of nitrogens with zero attached hydrogens (tertiary/aromatic N) is 1. The molecule has 0 bridgehead atoms. The van der Waals surface area contributed by atoms with E-state index in [1.165, 1.54) is 11.0 Å². The Morgan fingerprint density at radius 2 is 1.71 bits per heavy atom. The molecule has 3 rings (SSSR count). The minimum absolute atomic E-state index is 0.0449. The van der Waals surface area contributed by atoms with Crippen molar-refractivity contribution in [2.75, 3.05) is 17.9 Å². The molecule has 6 nitrogen and oxygen atoms in total. The summed E-state index contributed by atoms with van der Waals surface area (Å²) < 4.78 is 28.6. The molecule has 0 heterocycles. The van der Waals surface area contributed by atoms with Crippen molar-refractivity contribution in [3.05, 3.63) is 95.1 Å². The van der Waals surface area contributed by atoms with E-state index in [0.717, 1.165) is 11.1 Å². The van der Waals surface area contributed by atoms with Gasteiger partial charge in [-0.2, -0.15) is 0 Å². The maximum absolute atomic E-state index is 13.1. The van der Waals surface area contributed by atoms with Crippen molar-refractivity contribution < 1.29 is 18.3 Å². The quantitative estimate of drug-likeness (QED) is 0.561. The van der Waals surface area contributed by atoms with Gasteiger partial charge in [0.05, 0.1) is 11.5 Å². The van der Waals surface area contributed by atoms with Crippen molar-refractivity contribution in [3.8, 4) is 0 Å². The minimum atomic E-state index is -3.88. The molecule has 3 aromatic rings. The molecule has 0 saturated heterocycles. The third-order valence-electron chi connectivity index (χ3n) is 4.87. The smallest absolute Gasteiger partial charge is 0.262 e. The molecular formula is C24H26N2O4S. The van der Waals surface area contributed by atoms with E-state index in [4.69, 9.17) is 0 Å². The first kappa shape index (κ1) is 22.5. The predicted octanol–water partition coefficient (Wildman–Crippen LogP) is 3.74. The van der Waals surface area contributed by atoms with Gasteiger partial charge in [-0.25, -0.2) is 8.42 Å². The number of nitrogens with one attached hydrogen (secondary N) is 1. The summed E-state index contributed by atoms with van der Waals surface area (Å²) in [5.41, 5.74) is 3.10. The van der Waals surface area contributed by atoms with Crippen molar-refractivity contribution in [3.63, 3.8) is 0 Å². The Morgan fingerprint density at radius 3 is 2.39 bits per heavy atom. The number of carbonyl (C=O) groups excluding carboxylic acids is 1. The second kappa shape index (κ2) is 9.76. The molecule has 0 saturated carbocycles. The van der Waals surface area contributed by atoms with Gasteiger partial charge in [-0.05, 0) is 54.8 Å². The molecule has 7 heteroatoms. The van der Waals surface area contributed by atoms with Gasteiger partial charge in [0.1, 0.15) is 0 Å². The summed E-state index contributed by atoms with van der Waals surface area (Å²) in [6, 6.07) is 21.1. The van der Waals surface area contributed by atoms with E-state index >= 15 is 0 Å². The summed E-state index contributed by atoms with van der Waals surface area (Å²) in [6.07, 6.45) is 0. The Labute approximate surface area is 183 Å². The second-order valence-corrected chi connectivity index (χ2v) is 9.04. The summed E-state index contributed by atoms with van der Waals surface area (Å²) in [5, 5.41) is 9.43. The van der Waals surface area contributed by atoms with E-state index in [-0.39, 0.29) is 29.5 Å². The molecule has 0 aliphatic carbocycles. The molecule has 0 aliphatic rings. The van der Waals surface area contributed by atoms with Crippen LogP contribution in [0, 0.1) is 13.8 Å². The van der Waals surface area contributed by atoms with Crippen molar-refractivity contribution in [2.45, 2.75) is 25.3 Å². The highest BCUT2D eigenvalue weighted by molar-refractivity contribution is 7.92. The average molecular weight is 439 g/mol. The molecule has 0 fully saturated rings. The van der Waals surface area contributed by atoms with Gasteiger partial charge in [0.2, 0.25) is 0 Å². The van der Waals surface area contributed by atoms with Crippen LogP contribution in [0.3, 0.4) is 0 Å². The minimum Gasteiger partial charge on any atom is -0.395 e. The van der Waals surface area contributed by atoms with Crippen molar-refractivity contribution in [1.82, 2.24) is 4.90 Å². The SMILES string of the molecule is Cc1cccc(NS(=O)(=O)c2cc(C(=O)N(CCO)Cc3ccccc3)ccc2C)c1. The fourth-order valence-corrected chi connectivity index (χ4v) is 4.62. The van der Waals surface area contributed by atoms with Crippen LogP contribution in [-0.2, 0) is 16.6 Å². The third kappa shape index (κ3) is 5.71. The Hall–Kier alpha value is -3.16. The highest BCUT2D eigenvalue weighted by atomic mass is 32.2. The zero-order chi connectivity index (χ0) is 22.4. The Kier molecular flexibility index (Phi) is 7.09. The molecule has 0 aromatic heterocycles. The monoisotopic (exact) mass is 438 g/mol. The van der Waals surface area contributed by atoms with Gasteiger partial charge in [0, 0.05) is 24.3 Å². The van der Waals surface area contributed by atoms with Crippen LogP contribution in [0.5, 0.6) is 0 Å². The molecule has 0 atom stereocenters. The van der Waals surface area contributed by atoms with E-state index in [0.29, 0.717) is 17.8 Å². The molecule has 2 N–H and O–H groups in total. The molecular weight excluding hydrogens is 412 g/mol. The largest absolute Gasteiger partial charge is 0.395 e. The number of hydrogen-bond donors (Lipinski definition) is 2. The van der Waals surface area contributed by atoms with Gasteiger partial charge in [0.15, 0.2) is 0 Å². The van der Waals surface area contributed by atoms with Crippen molar-refractivity contribution in [2.24, 2.45) is 0 Å². The average Bonchev–Trinajstić information content (AvgIpc) is 2.73. The first-order chi connectivity index (χ1) is 14.8. The molecule has 0 aliphatic heterocycles. The van der Waals surface area contributed by atoms with Crippen molar-refractivity contribution in [1.29, 1.82) is 0 Å². The summed E-state index contributed by atoms with van der Waals surface area (Å²) in [5.74, 6) is -0.343. The van der Waals surface area contributed by atoms with Crippen LogP contribution in [-0.4, -0.2) is 37.5 Å². The number of benzene rings is 3.